The molecule has 3 heteroatoms. The van der Waals surface area contributed by atoms with Gasteiger partial charge in [-0.2, -0.15) is 0 Å². The maximum atomic E-state index is 10.9. The molecule has 1 N–H and O–H groups in total. The molecule has 0 fully saturated rings. The highest BCUT2D eigenvalue weighted by Crippen LogP contribution is 2.01. The molecule has 0 aliphatic rings. The highest BCUT2D eigenvalue weighted by Gasteiger charge is 2.10. The molecule has 3 atom stereocenters. The summed E-state index contributed by atoms with van der Waals surface area (Å²) in [5.41, 5.74) is 0. The fraction of sp³-hybridized carbons (Fsp3) is 1.00. The van der Waals surface area contributed by atoms with E-state index in [4.69, 9.17) is 0 Å². The van der Waals surface area contributed by atoms with Crippen LogP contribution in [0, 0.1) is 5.92 Å². The maximum absolute atomic E-state index is 10.9. The fourth-order valence-corrected chi connectivity index (χ4v) is 1.84. The number of hydrogen-bond acceptors (Lipinski definition) is 2. The van der Waals surface area contributed by atoms with Gasteiger partial charge in [-0.05, 0) is 19.8 Å². The standard InChI is InChI=1S/C9H21NOS/c1-7(2)9(4)10-8(3)6-12(5)11/h7-10H,6H2,1-5H3. The van der Waals surface area contributed by atoms with Crippen LogP contribution in [0.5, 0.6) is 0 Å². The van der Waals surface area contributed by atoms with Crippen LogP contribution in [0.3, 0.4) is 0 Å². The monoisotopic (exact) mass is 191 g/mol. The molecular formula is C9H21NOS. The van der Waals surface area contributed by atoms with Gasteiger partial charge in [-0.1, -0.05) is 13.8 Å². The first kappa shape index (κ1) is 12.1. The van der Waals surface area contributed by atoms with Crippen LogP contribution in [-0.2, 0) is 10.8 Å². The molecule has 0 spiro atoms. The molecule has 2 nitrogen and oxygen atoms in total. The molecule has 0 saturated heterocycles. The quantitative estimate of drug-likeness (QED) is 0.711. The van der Waals surface area contributed by atoms with E-state index in [2.05, 4.69) is 33.0 Å². The number of hydrogen-bond donors (Lipinski definition) is 1. The van der Waals surface area contributed by atoms with E-state index in [1.54, 1.807) is 6.26 Å². The van der Waals surface area contributed by atoms with Gasteiger partial charge in [0.15, 0.2) is 0 Å². The van der Waals surface area contributed by atoms with E-state index in [9.17, 15) is 4.21 Å². The van der Waals surface area contributed by atoms with Crippen LogP contribution in [0.15, 0.2) is 0 Å². The van der Waals surface area contributed by atoms with Gasteiger partial charge in [0.05, 0.1) is 0 Å². The molecule has 0 aliphatic carbocycles. The van der Waals surface area contributed by atoms with Crippen molar-refractivity contribution in [3.05, 3.63) is 0 Å². The topological polar surface area (TPSA) is 29.1 Å². The molecular weight excluding hydrogens is 170 g/mol. The van der Waals surface area contributed by atoms with Crippen molar-refractivity contribution < 1.29 is 4.21 Å². The van der Waals surface area contributed by atoms with Crippen molar-refractivity contribution in [2.24, 2.45) is 5.92 Å². The van der Waals surface area contributed by atoms with Crippen molar-refractivity contribution >= 4 is 10.8 Å². The summed E-state index contributed by atoms with van der Waals surface area (Å²) in [4.78, 5) is 0. The average Bonchev–Trinajstić information content (AvgIpc) is 1.84. The molecule has 0 rings (SSSR count). The Hall–Kier alpha value is 0.110. The zero-order valence-electron chi connectivity index (χ0n) is 8.76. The van der Waals surface area contributed by atoms with E-state index < -0.39 is 10.8 Å². The number of rotatable bonds is 5. The second-order valence-corrected chi connectivity index (χ2v) is 5.32. The lowest BCUT2D eigenvalue weighted by atomic mass is 10.1. The highest BCUT2D eigenvalue weighted by molar-refractivity contribution is 7.84. The van der Waals surface area contributed by atoms with Crippen molar-refractivity contribution in [1.82, 2.24) is 5.32 Å². The van der Waals surface area contributed by atoms with Crippen molar-refractivity contribution in [3.63, 3.8) is 0 Å². The van der Waals surface area contributed by atoms with Gasteiger partial charge in [-0.15, -0.1) is 0 Å². The molecule has 3 unspecified atom stereocenters. The minimum absolute atomic E-state index is 0.355. The van der Waals surface area contributed by atoms with Crippen molar-refractivity contribution in [2.45, 2.75) is 39.8 Å². The Labute approximate surface area is 78.6 Å². The third kappa shape index (κ3) is 5.72. The van der Waals surface area contributed by atoms with E-state index in [0.717, 1.165) is 5.75 Å². The Morgan fingerprint density at radius 3 is 2.08 bits per heavy atom. The van der Waals surface area contributed by atoms with E-state index in [1.807, 2.05) is 0 Å². The fourth-order valence-electron chi connectivity index (χ4n) is 1.04. The Balaban J connectivity index is 3.68. The van der Waals surface area contributed by atoms with Gasteiger partial charge in [0.2, 0.25) is 0 Å². The summed E-state index contributed by atoms with van der Waals surface area (Å²) in [6.07, 6.45) is 1.75. The van der Waals surface area contributed by atoms with E-state index in [-0.39, 0.29) is 0 Å². The molecule has 0 aromatic carbocycles. The summed E-state index contributed by atoms with van der Waals surface area (Å²) < 4.78 is 10.9. The summed E-state index contributed by atoms with van der Waals surface area (Å²) in [6.45, 7) is 8.63. The maximum Gasteiger partial charge on any atom is 0.0383 e. The molecule has 0 amide bonds. The summed E-state index contributed by atoms with van der Waals surface area (Å²) in [5, 5.41) is 3.42. The predicted molar refractivity (Wildman–Crippen MR) is 55.8 cm³/mol. The lowest BCUT2D eigenvalue weighted by Gasteiger charge is -2.22. The third-order valence-electron chi connectivity index (χ3n) is 2.03. The zero-order chi connectivity index (χ0) is 9.72. The molecule has 0 aromatic rings. The second-order valence-electron chi connectivity index (χ2n) is 3.84. The van der Waals surface area contributed by atoms with Crippen LogP contribution in [0.4, 0.5) is 0 Å². The van der Waals surface area contributed by atoms with E-state index >= 15 is 0 Å². The van der Waals surface area contributed by atoms with Crippen LogP contribution in [0.2, 0.25) is 0 Å². The first-order valence-corrected chi connectivity index (χ1v) is 6.22. The highest BCUT2D eigenvalue weighted by atomic mass is 32.2. The predicted octanol–water partition coefficient (Wildman–Crippen LogP) is 1.39. The Bertz CT molecular complexity index is 147. The van der Waals surface area contributed by atoms with Crippen molar-refractivity contribution in [1.29, 1.82) is 0 Å². The Kier molecular flexibility index (Phi) is 5.76. The van der Waals surface area contributed by atoms with Gasteiger partial charge in [0.1, 0.15) is 0 Å². The van der Waals surface area contributed by atoms with Crippen LogP contribution in [0.1, 0.15) is 27.7 Å². The Morgan fingerprint density at radius 1 is 1.25 bits per heavy atom. The van der Waals surface area contributed by atoms with E-state index in [1.165, 1.54) is 0 Å². The summed E-state index contributed by atoms with van der Waals surface area (Å²) in [6, 6.07) is 0.858. The second kappa shape index (κ2) is 5.70. The molecule has 0 aromatic heterocycles. The Morgan fingerprint density at radius 2 is 1.75 bits per heavy atom. The summed E-state index contributed by atoms with van der Waals surface area (Å²) in [5.74, 6) is 1.38. The lowest BCUT2D eigenvalue weighted by Crippen LogP contribution is -2.40. The first-order chi connectivity index (χ1) is 5.43. The zero-order valence-corrected chi connectivity index (χ0v) is 9.57. The third-order valence-corrected chi connectivity index (χ3v) is 3.00. The molecule has 0 radical (unpaired) electrons. The normalized spacial score (nSPS) is 19.2. The van der Waals surface area contributed by atoms with Crippen LogP contribution in [-0.4, -0.2) is 28.3 Å². The molecule has 0 heterocycles. The van der Waals surface area contributed by atoms with Gasteiger partial charge < -0.3 is 5.32 Å². The summed E-state index contributed by atoms with van der Waals surface area (Å²) >= 11 is 0. The van der Waals surface area contributed by atoms with Gasteiger partial charge in [-0.3, -0.25) is 4.21 Å². The lowest BCUT2D eigenvalue weighted by molar-refractivity contribution is 0.397. The van der Waals surface area contributed by atoms with Gasteiger partial charge in [-0.25, -0.2) is 0 Å². The average molecular weight is 191 g/mol. The minimum Gasteiger partial charge on any atom is -0.311 e. The SMILES string of the molecule is CC(CS(C)=O)NC(C)C(C)C. The molecule has 12 heavy (non-hydrogen) atoms. The van der Waals surface area contributed by atoms with Gasteiger partial charge in [0.25, 0.3) is 0 Å². The molecule has 0 bridgehead atoms. The van der Waals surface area contributed by atoms with Gasteiger partial charge in [0, 0.05) is 34.9 Å². The molecule has 74 valence electrons. The van der Waals surface area contributed by atoms with Crippen molar-refractivity contribution in [2.75, 3.05) is 12.0 Å². The largest absolute Gasteiger partial charge is 0.311 e. The molecule has 0 aliphatic heterocycles. The van der Waals surface area contributed by atoms with Crippen molar-refractivity contribution in [3.8, 4) is 0 Å². The first-order valence-electron chi connectivity index (χ1n) is 4.49. The van der Waals surface area contributed by atoms with Crippen LogP contribution >= 0.6 is 0 Å². The van der Waals surface area contributed by atoms with Gasteiger partial charge >= 0.3 is 0 Å². The minimum atomic E-state index is -0.688. The van der Waals surface area contributed by atoms with Crippen LogP contribution < -0.4 is 5.32 Å². The summed E-state index contributed by atoms with van der Waals surface area (Å²) in [7, 11) is -0.688. The van der Waals surface area contributed by atoms with Crippen LogP contribution in [0.25, 0.3) is 0 Å². The number of nitrogens with one attached hydrogen (secondary N) is 1. The van der Waals surface area contributed by atoms with E-state index in [0.29, 0.717) is 18.0 Å². The molecule has 0 saturated carbocycles. The smallest absolute Gasteiger partial charge is 0.0383 e.